The Morgan fingerprint density at radius 3 is 2.37 bits per heavy atom. The molecule has 0 atom stereocenters. The number of carbonyl (C=O) groups excluding carboxylic acids is 1. The second-order valence-electron chi connectivity index (χ2n) is 6.22. The Kier molecular flexibility index (Phi) is 6.96. The van der Waals surface area contributed by atoms with Crippen molar-refractivity contribution in [3.8, 4) is 0 Å². The molecule has 0 bridgehead atoms. The highest BCUT2D eigenvalue weighted by molar-refractivity contribution is 7.91. The van der Waals surface area contributed by atoms with Gasteiger partial charge in [-0.2, -0.15) is 0 Å². The molecule has 146 valence electrons. The van der Waals surface area contributed by atoms with Crippen LogP contribution >= 0.6 is 0 Å². The molecule has 1 amide bonds. The molecule has 0 aromatic heterocycles. The summed E-state index contributed by atoms with van der Waals surface area (Å²) in [6.07, 6.45) is -0.242. The summed E-state index contributed by atoms with van der Waals surface area (Å²) in [7, 11) is -3.86. The first-order valence-electron chi connectivity index (χ1n) is 8.91. The molecule has 1 N–H and O–H groups in total. The average Bonchev–Trinajstić information content (AvgIpc) is 2.63. The van der Waals surface area contributed by atoms with Gasteiger partial charge in [0, 0.05) is 30.9 Å². The molecule has 0 radical (unpaired) electrons. The van der Waals surface area contributed by atoms with Gasteiger partial charge in [-0.15, -0.1) is 0 Å². The Balaban J connectivity index is 2.03. The molecule has 2 aromatic carbocycles. The van der Waals surface area contributed by atoms with E-state index in [4.69, 9.17) is 0 Å². The van der Waals surface area contributed by atoms with E-state index in [2.05, 4.69) is 24.1 Å². The maximum Gasteiger partial charge on any atom is 0.225 e. The molecule has 0 spiro atoms. The Morgan fingerprint density at radius 2 is 1.78 bits per heavy atom. The van der Waals surface area contributed by atoms with Crippen LogP contribution in [0.3, 0.4) is 0 Å². The average molecular weight is 392 g/mol. The van der Waals surface area contributed by atoms with Crippen molar-refractivity contribution in [3.63, 3.8) is 0 Å². The third kappa shape index (κ3) is 5.29. The SMILES string of the molecule is CCN(CC)c1ccc(NC(=O)CCS(=O)(=O)c2ccccc2F)c(C)c1. The first-order chi connectivity index (χ1) is 12.8. The summed E-state index contributed by atoms with van der Waals surface area (Å²) in [5.74, 6) is -1.68. The van der Waals surface area contributed by atoms with Gasteiger partial charge in [0.15, 0.2) is 9.84 Å². The molecule has 2 aromatic rings. The maximum absolute atomic E-state index is 13.7. The normalized spacial score (nSPS) is 11.3. The Hall–Kier alpha value is -2.41. The van der Waals surface area contributed by atoms with Gasteiger partial charge in [-0.25, -0.2) is 12.8 Å². The van der Waals surface area contributed by atoms with E-state index in [9.17, 15) is 17.6 Å². The lowest BCUT2D eigenvalue weighted by molar-refractivity contribution is -0.115. The van der Waals surface area contributed by atoms with Crippen LogP contribution in [0.2, 0.25) is 0 Å². The van der Waals surface area contributed by atoms with E-state index in [1.165, 1.54) is 18.2 Å². The number of rotatable bonds is 8. The number of nitrogens with zero attached hydrogens (tertiary/aromatic N) is 1. The molecule has 0 heterocycles. The molecule has 0 aliphatic heterocycles. The third-order valence-electron chi connectivity index (χ3n) is 4.38. The van der Waals surface area contributed by atoms with Gasteiger partial charge in [0.2, 0.25) is 5.91 Å². The van der Waals surface area contributed by atoms with E-state index in [-0.39, 0.29) is 11.3 Å². The number of amides is 1. The zero-order chi connectivity index (χ0) is 20.0. The Morgan fingerprint density at radius 1 is 1.11 bits per heavy atom. The number of sulfone groups is 1. The van der Waals surface area contributed by atoms with Gasteiger partial charge in [0.25, 0.3) is 0 Å². The van der Waals surface area contributed by atoms with Gasteiger partial charge < -0.3 is 10.2 Å². The second-order valence-corrected chi connectivity index (χ2v) is 8.30. The summed E-state index contributed by atoms with van der Waals surface area (Å²) >= 11 is 0. The highest BCUT2D eigenvalue weighted by Crippen LogP contribution is 2.23. The molecule has 0 unspecified atom stereocenters. The zero-order valence-electron chi connectivity index (χ0n) is 15.8. The van der Waals surface area contributed by atoms with E-state index in [1.807, 2.05) is 25.1 Å². The maximum atomic E-state index is 13.7. The summed E-state index contributed by atoms with van der Waals surface area (Å²) in [5.41, 5.74) is 2.60. The smallest absolute Gasteiger partial charge is 0.225 e. The van der Waals surface area contributed by atoms with Gasteiger partial charge in [0.1, 0.15) is 10.7 Å². The van der Waals surface area contributed by atoms with Crippen molar-refractivity contribution in [1.82, 2.24) is 0 Å². The molecule has 0 aliphatic carbocycles. The summed E-state index contributed by atoms with van der Waals surface area (Å²) in [4.78, 5) is 14.0. The van der Waals surface area contributed by atoms with E-state index >= 15 is 0 Å². The minimum atomic E-state index is -3.86. The fourth-order valence-electron chi connectivity index (χ4n) is 2.82. The number of hydrogen-bond donors (Lipinski definition) is 1. The van der Waals surface area contributed by atoms with Gasteiger partial charge in [-0.05, 0) is 56.7 Å². The number of anilines is 2. The van der Waals surface area contributed by atoms with E-state index in [0.717, 1.165) is 30.4 Å². The molecule has 5 nitrogen and oxygen atoms in total. The van der Waals surface area contributed by atoms with Crippen molar-refractivity contribution < 1.29 is 17.6 Å². The largest absolute Gasteiger partial charge is 0.372 e. The van der Waals surface area contributed by atoms with Gasteiger partial charge in [0.05, 0.1) is 5.75 Å². The first kappa shape index (κ1) is 20.9. The molecule has 0 saturated heterocycles. The molecular formula is C20H25FN2O3S. The van der Waals surface area contributed by atoms with Crippen LogP contribution in [0.1, 0.15) is 25.8 Å². The molecule has 0 saturated carbocycles. The molecular weight excluding hydrogens is 367 g/mol. The number of benzene rings is 2. The number of aryl methyl sites for hydroxylation is 1. The highest BCUT2D eigenvalue weighted by Gasteiger charge is 2.20. The van der Waals surface area contributed by atoms with Crippen molar-refractivity contribution >= 4 is 27.1 Å². The molecule has 2 rings (SSSR count). The van der Waals surface area contributed by atoms with Crippen molar-refractivity contribution in [2.75, 3.05) is 29.1 Å². The van der Waals surface area contributed by atoms with Crippen LogP contribution in [0.25, 0.3) is 0 Å². The van der Waals surface area contributed by atoms with E-state index < -0.39 is 27.3 Å². The molecule has 27 heavy (non-hydrogen) atoms. The lowest BCUT2D eigenvalue weighted by Gasteiger charge is -2.22. The van der Waals surface area contributed by atoms with Crippen LogP contribution in [-0.2, 0) is 14.6 Å². The predicted octanol–water partition coefficient (Wildman–Crippen LogP) is 3.78. The summed E-state index contributed by atoms with van der Waals surface area (Å²) in [6, 6.07) is 10.9. The fraction of sp³-hybridized carbons (Fsp3) is 0.350. The first-order valence-corrected chi connectivity index (χ1v) is 10.6. The van der Waals surface area contributed by atoms with E-state index in [0.29, 0.717) is 5.69 Å². The van der Waals surface area contributed by atoms with Crippen molar-refractivity contribution in [1.29, 1.82) is 0 Å². The third-order valence-corrected chi connectivity index (χ3v) is 6.13. The number of halogens is 1. The van der Waals surface area contributed by atoms with E-state index in [1.54, 1.807) is 0 Å². The van der Waals surface area contributed by atoms with Crippen LogP contribution in [-0.4, -0.2) is 33.2 Å². The monoisotopic (exact) mass is 392 g/mol. The van der Waals surface area contributed by atoms with Crippen LogP contribution in [0, 0.1) is 12.7 Å². The Bertz CT molecular complexity index is 909. The van der Waals surface area contributed by atoms with Gasteiger partial charge in [-0.1, -0.05) is 12.1 Å². The summed E-state index contributed by atoms with van der Waals surface area (Å²) < 4.78 is 38.2. The fourth-order valence-corrected chi connectivity index (χ4v) is 4.15. The van der Waals surface area contributed by atoms with Gasteiger partial charge in [-0.3, -0.25) is 4.79 Å². The second kappa shape index (κ2) is 8.99. The van der Waals surface area contributed by atoms with Crippen molar-refractivity contribution in [2.24, 2.45) is 0 Å². The standard InChI is InChI=1S/C20H25FN2O3S/c1-4-23(5-2)16-10-11-18(15(3)14-16)22-20(24)12-13-27(25,26)19-9-7-6-8-17(19)21/h6-11,14H,4-5,12-13H2,1-3H3,(H,22,24). The van der Waals surface area contributed by atoms with Crippen LogP contribution in [0.4, 0.5) is 15.8 Å². The molecule has 0 aliphatic rings. The lowest BCUT2D eigenvalue weighted by atomic mass is 10.1. The minimum absolute atomic E-state index is 0.242. The quantitative estimate of drug-likeness (QED) is 0.742. The summed E-state index contributed by atoms with van der Waals surface area (Å²) in [6.45, 7) is 7.80. The highest BCUT2D eigenvalue weighted by atomic mass is 32.2. The van der Waals surface area contributed by atoms with Crippen molar-refractivity contribution in [2.45, 2.75) is 32.1 Å². The van der Waals surface area contributed by atoms with Crippen molar-refractivity contribution in [3.05, 3.63) is 53.8 Å². The summed E-state index contributed by atoms with van der Waals surface area (Å²) in [5, 5.41) is 2.74. The molecule has 0 fully saturated rings. The number of hydrogen-bond acceptors (Lipinski definition) is 4. The van der Waals surface area contributed by atoms with Crippen LogP contribution < -0.4 is 10.2 Å². The predicted molar refractivity (Wildman–Crippen MR) is 106 cm³/mol. The lowest BCUT2D eigenvalue weighted by Crippen LogP contribution is -2.22. The number of carbonyl (C=O) groups is 1. The zero-order valence-corrected chi connectivity index (χ0v) is 16.6. The molecule has 7 heteroatoms. The number of nitrogens with one attached hydrogen (secondary N) is 1. The Labute approximate surface area is 160 Å². The van der Waals surface area contributed by atoms with Gasteiger partial charge >= 0.3 is 0 Å². The topological polar surface area (TPSA) is 66.5 Å². The van der Waals surface area contributed by atoms with Crippen LogP contribution in [0.5, 0.6) is 0 Å². The minimum Gasteiger partial charge on any atom is -0.372 e. The van der Waals surface area contributed by atoms with Crippen LogP contribution in [0.15, 0.2) is 47.4 Å².